The highest BCUT2D eigenvalue weighted by Crippen LogP contribution is 2.46. The van der Waals surface area contributed by atoms with Gasteiger partial charge in [-0.2, -0.15) is 0 Å². The lowest BCUT2D eigenvalue weighted by molar-refractivity contribution is 0.0696. The average molecular weight is 501 g/mol. The molecule has 2 aliphatic rings. The van der Waals surface area contributed by atoms with Crippen molar-refractivity contribution in [2.45, 2.75) is 38.1 Å². The summed E-state index contributed by atoms with van der Waals surface area (Å²) in [5.41, 5.74) is 2.82. The number of piperidine rings is 1. The summed E-state index contributed by atoms with van der Waals surface area (Å²) < 4.78 is 11.7. The topological polar surface area (TPSA) is 75.8 Å². The Balaban J connectivity index is 1.23. The number of nitrogens with zero attached hydrogens (tertiary/aromatic N) is 2. The van der Waals surface area contributed by atoms with Gasteiger partial charge >= 0.3 is 5.97 Å². The molecule has 0 spiro atoms. The fraction of sp³-hybridized carbons (Fsp3) is 0.385. The van der Waals surface area contributed by atoms with Crippen LogP contribution in [0.2, 0.25) is 10.0 Å². The zero-order chi connectivity index (χ0) is 23.7. The molecular formula is C26H26Cl2N2O4. The number of ether oxygens (including phenoxy) is 1. The molecule has 2 heterocycles. The second-order valence-corrected chi connectivity index (χ2v) is 9.92. The van der Waals surface area contributed by atoms with Crippen LogP contribution in [0.25, 0.3) is 11.3 Å². The molecule has 3 aromatic rings. The predicted molar refractivity (Wildman–Crippen MR) is 131 cm³/mol. The summed E-state index contributed by atoms with van der Waals surface area (Å²) in [6, 6.07) is 12.1. The van der Waals surface area contributed by atoms with E-state index < -0.39 is 5.97 Å². The Labute approximate surface area is 208 Å². The van der Waals surface area contributed by atoms with Crippen LogP contribution in [0.15, 0.2) is 47.0 Å². The lowest BCUT2D eigenvalue weighted by Gasteiger charge is -2.32. The molecule has 0 bridgehead atoms. The van der Waals surface area contributed by atoms with Crippen LogP contribution in [-0.4, -0.2) is 40.8 Å². The van der Waals surface area contributed by atoms with E-state index in [1.54, 1.807) is 24.3 Å². The molecule has 1 saturated carbocycles. The average Bonchev–Trinajstić information content (AvgIpc) is 3.60. The Bertz CT molecular complexity index is 1160. The van der Waals surface area contributed by atoms with Crippen molar-refractivity contribution in [3.05, 3.63) is 69.4 Å². The highest BCUT2D eigenvalue weighted by atomic mass is 35.5. The molecule has 6 nitrogen and oxygen atoms in total. The van der Waals surface area contributed by atoms with Crippen molar-refractivity contribution in [1.82, 2.24) is 10.1 Å². The quantitative estimate of drug-likeness (QED) is 0.379. The van der Waals surface area contributed by atoms with Crippen LogP contribution in [0.5, 0.6) is 5.75 Å². The number of hydrogen-bond donors (Lipinski definition) is 1. The summed E-state index contributed by atoms with van der Waals surface area (Å²) in [6.45, 7) is 3.21. The van der Waals surface area contributed by atoms with Crippen molar-refractivity contribution in [3.63, 3.8) is 0 Å². The van der Waals surface area contributed by atoms with Gasteiger partial charge in [-0.05, 0) is 75.0 Å². The summed E-state index contributed by atoms with van der Waals surface area (Å²) in [6.07, 6.45) is 4.26. The molecule has 8 heteroatoms. The first-order valence-electron chi connectivity index (χ1n) is 11.6. The molecule has 2 aromatic carbocycles. The summed E-state index contributed by atoms with van der Waals surface area (Å²) in [7, 11) is 0. The van der Waals surface area contributed by atoms with Gasteiger partial charge in [-0.3, -0.25) is 4.90 Å². The molecule has 0 unspecified atom stereocenters. The van der Waals surface area contributed by atoms with Crippen LogP contribution in [0.1, 0.15) is 53.3 Å². The minimum absolute atomic E-state index is 0.238. The number of benzene rings is 2. The Hall–Kier alpha value is -2.54. The van der Waals surface area contributed by atoms with E-state index in [9.17, 15) is 4.79 Å². The molecule has 0 amide bonds. The van der Waals surface area contributed by atoms with E-state index in [4.69, 9.17) is 37.6 Å². The summed E-state index contributed by atoms with van der Waals surface area (Å²) >= 11 is 13.0. The zero-order valence-electron chi connectivity index (χ0n) is 18.7. The van der Waals surface area contributed by atoms with Crippen LogP contribution < -0.4 is 4.74 Å². The van der Waals surface area contributed by atoms with Crippen molar-refractivity contribution in [3.8, 4) is 17.0 Å². The number of carboxylic acids is 1. The Kier molecular flexibility index (Phi) is 6.82. The molecule has 0 radical (unpaired) electrons. The van der Waals surface area contributed by atoms with E-state index >= 15 is 0 Å². The van der Waals surface area contributed by atoms with Gasteiger partial charge in [0.05, 0.1) is 22.2 Å². The van der Waals surface area contributed by atoms with Gasteiger partial charge in [0, 0.05) is 23.6 Å². The molecule has 5 rings (SSSR count). The van der Waals surface area contributed by atoms with Crippen molar-refractivity contribution < 1.29 is 19.2 Å². The fourth-order valence-electron chi connectivity index (χ4n) is 4.53. The Morgan fingerprint density at radius 2 is 1.79 bits per heavy atom. The van der Waals surface area contributed by atoms with Crippen molar-refractivity contribution >= 4 is 29.2 Å². The van der Waals surface area contributed by atoms with E-state index in [2.05, 4.69) is 10.1 Å². The third-order valence-corrected chi connectivity index (χ3v) is 7.25. The number of hydrogen-bond acceptors (Lipinski definition) is 5. The van der Waals surface area contributed by atoms with E-state index in [-0.39, 0.29) is 5.56 Å². The van der Waals surface area contributed by atoms with E-state index in [0.29, 0.717) is 34.2 Å². The maximum absolute atomic E-state index is 11.2. The SMILES string of the molecule is O=C(O)c1cccc(OCC2CCN(Cc3c(-c4c(Cl)cccc4Cl)noc3C3CC3)CC2)c1. The van der Waals surface area contributed by atoms with Gasteiger partial charge in [-0.15, -0.1) is 0 Å². The third-order valence-electron chi connectivity index (χ3n) is 6.62. The van der Waals surface area contributed by atoms with Crippen LogP contribution in [0.3, 0.4) is 0 Å². The highest BCUT2D eigenvalue weighted by Gasteiger charge is 2.34. The standard InChI is InChI=1S/C26H26Cl2N2O4/c27-21-5-2-6-22(28)23(21)24-20(25(34-29-24)17-7-8-17)14-30-11-9-16(10-12-30)15-33-19-4-1-3-18(13-19)26(31)32/h1-6,13,16-17H,7-12,14-15H2,(H,31,32). The number of likely N-dealkylation sites (tertiary alicyclic amines) is 1. The Morgan fingerprint density at radius 3 is 2.47 bits per heavy atom. The van der Waals surface area contributed by atoms with E-state index in [0.717, 1.165) is 67.9 Å². The molecule has 178 valence electrons. The van der Waals surface area contributed by atoms with Gasteiger partial charge in [0.1, 0.15) is 17.2 Å². The number of aromatic nitrogens is 1. The third kappa shape index (κ3) is 5.09. The first kappa shape index (κ1) is 23.2. The normalized spacial score (nSPS) is 17.1. The van der Waals surface area contributed by atoms with Gasteiger partial charge in [-0.1, -0.05) is 40.5 Å². The number of halogens is 2. The van der Waals surface area contributed by atoms with E-state index in [1.165, 1.54) is 0 Å². The summed E-state index contributed by atoms with van der Waals surface area (Å²) in [4.78, 5) is 13.6. The molecule has 1 aliphatic carbocycles. The molecule has 0 atom stereocenters. The second-order valence-electron chi connectivity index (χ2n) is 9.11. The number of aromatic carboxylic acids is 1. The van der Waals surface area contributed by atoms with Crippen LogP contribution in [0, 0.1) is 5.92 Å². The minimum Gasteiger partial charge on any atom is -0.493 e. The van der Waals surface area contributed by atoms with Gasteiger partial charge in [0.25, 0.3) is 0 Å². The number of carbonyl (C=O) groups is 1. The Morgan fingerprint density at radius 1 is 1.09 bits per heavy atom. The van der Waals surface area contributed by atoms with Crippen molar-refractivity contribution in [2.24, 2.45) is 5.92 Å². The van der Waals surface area contributed by atoms with Gasteiger partial charge in [0.2, 0.25) is 0 Å². The van der Waals surface area contributed by atoms with Crippen LogP contribution >= 0.6 is 23.2 Å². The van der Waals surface area contributed by atoms with E-state index in [1.807, 2.05) is 18.2 Å². The van der Waals surface area contributed by atoms with Crippen LogP contribution in [-0.2, 0) is 6.54 Å². The smallest absolute Gasteiger partial charge is 0.335 e. The maximum atomic E-state index is 11.2. The lowest BCUT2D eigenvalue weighted by Crippen LogP contribution is -2.35. The summed E-state index contributed by atoms with van der Waals surface area (Å²) in [5, 5.41) is 14.7. The lowest BCUT2D eigenvalue weighted by atomic mass is 9.96. The van der Waals surface area contributed by atoms with Crippen molar-refractivity contribution in [1.29, 1.82) is 0 Å². The molecule has 1 N–H and O–H groups in total. The molecule has 2 fully saturated rings. The van der Waals surface area contributed by atoms with Crippen molar-refractivity contribution in [2.75, 3.05) is 19.7 Å². The van der Waals surface area contributed by atoms with Gasteiger partial charge in [-0.25, -0.2) is 4.79 Å². The number of rotatable bonds is 8. The largest absolute Gasteiger partial charge is 0.493 e. The minimum atomic E-state index is -0.949. The zero-order valence-corrected chi connectivity index (χ0v) is 20.2. The molecular weight excluding hydrogens is 475 g/mol. The summed E-state index contributed by atoms with van der Waals surface area (Å²) in [5.74, 6) is 1.48. The number of carboxylic acid groups (broad SMARTS) is 1. The predicted octanol–water partition coefficient (Wildman–Crippen LogP) is 6.52. The van der Waals surface area contributed by atoms with Gasteiger partial charge < -0.3 is 14.4 Å². The molecule has 1 aromatic heterocycles. The molecule has 34 heavy (non-hydrogen) atoms. The maximum Gasteiger partial charge on any atom is 0.335 e. The van der Waals surface area contributed by atoms with Gasteiger partial charge in [0.15, 0.2) is 0 Å². The van der Waals surface area contributed by atoms with Crippen LogP contribution in [0.4, 0.5) is 0 Å². The molecule has 1 saturated heterocycles. The first-order valence-corrected chi connectivity index (χ1v) is 12.4. The highest BCUT2D eigenvalue weighted by molar-refractivity contribution is 6.39. The molecule has 1 aliphatic heterocycles. The fourth-order valence-corrected chi connectivity index (χ4v) is 5.11. The second kappa shape index (κ2) is 9.98. The first-order chi connectivity index (χ1) is 16.5. The monoisotopic (exact) mass is 500 g/mol.